The van der Waals surface area contributed by atoms with E-state index in [0.29, 0.717) is 12.8 Å². The fraction of sp³-hybridized carbons (Fsp3) is 0.600. The van der Waals surface area contributed by atoms with Crippen LogP contribution in [-0.2, 0) is 11.2 Å². The van der Waals surface area contributed by atoms with Crippen LogP contribution in [0.15, 0.2) is 16.5 Å². The van der Waals surface area contributed by atoms with Crippen LogP contribution in [0.1, 0.15) is 56.9 Å². The third-order valence-electron chi connectivity index (χ3n) is 2.85. The fourth-order valence-corrected chi connectivity index (χ4v) is 2.07. The minimum absolute atomic E-state index is 0.0643. The number of nitrogens with one attached hydrogen (secondary N) is 1. The lowest BCUT2D eigenvalue weighted by Gasteiger charge is -2.25. The standard InChI is InChI=1S/C15H23NO4/c1-5-11-6-7-12(20-11)14(19)16-10(8-13(17)18)9-15(2,3)4/h6-7,10H,5,8-9H2,1-4H3,(H,16,19)(H,17,18). The van der Waals surface area contributed by atoms with Crippen LogP contribution in [0.4, 0.5) is 0 Å². The molecule has 20 heavy (non-hydrogen) atoms. The van der Waals surface area contributed by atoms with Crippen molar-refractivity contribution < 1.29 is 19.1 Å². The Labute approximate surface area is 119 Å². The van der Waals surface area contributed by atoms with Crippen LogP contribution < -0.4 is 5.32 Å². The SMILES string of the molecule is CCc1ccc(C(=O)NC(CC(=O)O)CC(C)(C)C)o1. The molecule has 0 spiro atoms. The number of aliphatic carboxylic acids is 1. The first-order chi connectivity index (χ1) is 9.21. The summed E-state index contributed by atoms with van der Waals surface area (Å²) in [4.78, 5) is 22.9. The van der Waals surface area contributed by atoms with Crippen LogP contribution in [0.3, 0.4) is 0 Å². The van der Waals surface area contributed by atoms with Gasteiger partial charge < -0.3 is 14.8 Å². The first kappa shape index (κ1) is 16.3. The number of rotatable bonds is 6. The number of amides is 1. The van der Waals surface area contributed by atoms with Gasteiger partial charge in [0, 0.05) is 12.5 Å². The minimum Gasteiger partial charge on any atom is -0.481 e. The van der Waals surface area contributed by atoms with Crippen LogP contribution in [-0.4, -0.2) is 23.0 Å². The summed E-state index contributed by atoms with van der Waals surface area (Å²) in [5.74, 6) is -0.319. The van der Waals surface area contributed by atoms with Crippen molar-refractivity contribution in [3.05, 3.63) is 23.7 Å². The van der Waals surface area contributed by atoms with Gasteiger partial charge in [-0.1, -0.05) is 27.7 Å². The third-order valence-corrected chi connectivity index (χ3v) is 2.85. The van der Waals surface area contributed by atoms with Gasteiger partial charge in [0.15, 0.2) is 5.76 Å². The van der Waals surface area contributed by atoms with Gasteiger partial charge in [-0.15, -0.1) is 0 Å². The number of hydrogen-bond acceptors (Lipinski definition) is 3. The van der Waals surface area contributed by atoms with Gasteiger partial charge >= 0.3 is 5.97 Å². The highest BCUT2D eigenvalue weighted by Crippen LogP contribution is 2.22. The van der Waals surface area contributed by atoms with Crippen molar-refractivity contribution in [2.75, 3.05) is 0 Å². The summed E-state index contributed by atoms with van der Waals surface area (Å²) in [6.45, 7) is 7.97. The Kier molecular flexibility index (Phi) is 5.36. The summed E-state index contributed by atoms with van der Waals surface area (Å²) in [7, 11) is 0. The maximum Gasteiger partial charge on any atom is 0.305 e. The maximum absolute atomic E-state index is 12.1. The van der Waals surface area contributed by atoms with Crippen molar-refractivity contribution in [3.8, 4) is 0 Å². The monoisotopic (exact) mass is 281 g/mol. The molecule has 0 aliphatic heterocycles. The van der Waals surface area contributed by atoms with Crippen molar-refractivity contribution in [3.63, 3.8) is 0 Å². The zero-order valence-electron chi connectivity index (χ0n) is 12.5. The summed E-state index contributed by atoms with van der Waals surface area (Å²) in [6, 6.07) is 2.96. The molecule has 1 rings (SSSR count). The molecule has 2 N–H and O–H groups in total. The highest BCUT2D eigenvalue weighted by atomic mass is 16.4. The van der Waals surface area contributed by atoms with Gasteiger partial charge in [0.25, 0.3) is 5.91 Å². The molecule has 1 amide bonds. The molecule has 0 saturated carbocycles. The zero-order chi connectivity index (χ0) is 15.3. The number of carboxylic acid groups (broad SMARTS) is 1. The molecule has 0 saturated heterocycles. The summed E-state index contributed by atoms with van der Waals surface area (Å²) in [5, 5.41) is 11.7. The Bertz CT molecular complexity index is 470. The Morgan fingerprint density at radius 3 is 2.45 bits per heavy atom. The number of aryl methyl sites for hydroxylation is 1. The average molecular weight is 281 g/mol. The molecule has 1 atom stereocenters. The molecule has 112 valence electrons. The van der Waals surface area contributed by atoms with E-state index in [9.17, 15) is 9.59 Å². The molecule has 1 aromatic rings. The molecule has 0 radical (unpaired) electrons. The number of carboxylic acids is 1. The largest absolute Gasteiger partial charge is 0.481 e. The molecule has 0 bridgehead atoms. The molecule has 1 unspecified atom stereocenters. The number of carbonyl (C=O) groups excluding carboxylic acids is 1. The van der Waals surface area contributed by atoms with E-state index in [0.717, 1.165) is 5.76 Å². The fourth-order valence-electron chi connectivity index (χ4n) is 2.07. The predicted molar refractivity (Wildman–Crippen MR) is 75.7 cm³/mol. The first-order valence-electron chi connectivity index (χ1n) is 6.82. The molecular formula is C15H23NO4. The van der Waals surface area contributed by atoms with Gasteiger partial charge in [-0.25, -0.2) is 0 Å². The van der Waals surface area contributed by atoms with E-state index in [1.54, 1.807) is 12.1 Å². The van der Waals surface area contributed by atoms with E-state index in [1.165, 1.54) is 0 Å². The first-order valence-corrected chi connectivity index (χ1v) is 6.82. The van der Waals surface area contributed by atoms with Gasteiger partial charge in [-0.05, 0) is 24.0 Å². The molecule has 1 heterocycles. The van der Waals surface area contributed by atoms with E-state index in [1.807, 2.05) is 27.7 Å². The van der Waals surface area contributed by atoms with Gasteiger partial charge in [0.1, 0.15) is 5.76 Å². The van der Waals surface area contributed by atoms with Crippen molar-refractivity contribution in [2.45, 2.75) is 53.0 Å². The number of carbonyl (C=O) groups is 2. The quantitative estimate of drug-likeness (QED) is 0.840. The molecule has 0 aliphatic rings. The Morgan fingerprint density at radius 2 is 2.00 bits per heavy atom. The van der Waals surface area contributed by atoms with Crippen molar-refractivity contribution >= 4 is 11.9 Å². The molecule has 5 nitrogen and oxygen atoms in total. The molecule has 5 heteroatoms. The topological polar surface area (TPSA) is 79.5 Å². The van der Waals surface area contributed by atoms with E-state index < -0.39 is 12.0 Å². The second-order valence-corrected chi connectivity index (χ2v) is 6.15. The van der Waals surface area contributed by atoms with E-state index in [-0.39, 0.29) is 23.5 Å². The van der Waals surface area contributed by atoms with Gasteiger partial charge in [0.05, 0.1) is 6.42 Å². The van der Waals surface area contributed by atoms with E-state index in [4.69, 9.17) is 9.52 Å². The minimum atomic E-state index is -0.923. The van der Waals surface area contributed by atoms with Crippen LogP contribution in [0, 0.1) is 5.41 Å². The van der Waals surface area contributed by atoms with Crippen LogP contribution in [0.25, 0.3) is 0 Å². The van der Waals surface area contributed by atoms with Crippen molar-refractivity contribution in [1.82, 2.24) is 5.32 Å². The van der Waals surface area contributed by atoms with Crippen LogP contribution in [0.5, 0.6) is 0 Å². The highest BCUT2D eigenvalue weighted by molar-refractivity contribution is 5.92. The summed E-state index contributed by atoms with van der Waals surface area (Å²) < 4.78 is 5.37. The smallest absolute Gasteiger partial charge is 0.305 e. The Balaban J connectivity index is 2.72. The molecular weight excluding hydrogens is 258 g/mol. The van der Waals surface area contributed by atoms with Gasteiger partial charge in [-0.3, -0.25) is 9.59 Å². The van der Waals surface area contributed by atoms with Crippen molar-refractivity contribution in [2.24, 2.45) is 5.41 Å². The lowest BCUT2D eigenvalue weighted by Crippen LogP contribution is -2.38. The van der Waals surface area contributed by atoms with E-state index in [2.05, 4.69) is 5.32 Å². The third kappa shape index (κ3) is 5.47. The van der Waals surface area contributed by atoms with Crippen molar-refractivity contribution in [1.29, 1.82) is 0 Å². The number of furan rings is 1. The zero-order valence-corrected chi connectivity index (χ0v) is 12.5. The second kappa shape index (κ2) is 6.59. The Hall–Kier alpha value is -1.78. The normalized spacial score (nSPS) is 13.0. The van der Waals surface area contributed by atoms with Gasteiger partial charge in [0.2, 0.25) is 0 Å². The molecule has 0 aromatic carbocycles. The Morgan fingerprint density at radius 1 is 1.35 bits per heavy atom. The predicted octanol–water partition coefficient (Wildman–Crippen LogP) is 2.85. The van der Waals surface area contributed by atoms with Gasteiger partial charge in [-0.2, -0.15) is 0 Å². The average Bonchev–Trinajstić information content (AvgIpc) is 2.73. The lowest BCUT2D eigenvalue weighted by atomic mass is 9.87. The second-order valence-electron chi connectivity index (χ2n) is 6.15. The summed E-state index contributed by atoms with van der Waals surface area (Å²) >= 11 is 0. The molecule has 0 aliphatic carbocycles. The molecule has 1 aromatic heterocycles. The van der Waals surface area contributed by atoms with Crippen LogP contribution in [0.2, 0.25) is 0 Å². The van der Waals surface area contributed by atoms with Crippen LogP contribution >= 0.6 is 0 Å². The molecule has 0 fully saturated rings. The summed E-state index contributed by atoms with van der Waals surface area (Å²) in [6.07, 6.45) is 1.21. The number of hydrogen-bond donors (Lipinski definition) is 2. The highest BCUT2D eigenvalue weighted by Gasteiger charge is 2.24. The van der Waals surface area contributed by atoms with E-state index >= 15 is 0 Å². The summed E-state index contributed by atoms with van der Waals surface area (Å²) in [5.41, 5.74) is -0.0643. The maximum atomic E-state index is 12.1. The lowest BCUT2D eigenvalue weighted by molar-refractivity contribution is -0.137.